The fourth-order valence-electron chi connectivity index (χ4n) is 2.64. The van der Waals surface area contributed by atoms with Crippen molar-refractivity contribution in [2.45, 2.75) is 51.4 Å². The SMILES string of the molecule is CC(C)[C@H](CC(=O)NCc1ccccn1)Nc1ccc(C(F)(F)F)cc1.O=C(C(=O)C(F)(F)F)C(F)(F)F. The molecule has 0 aliphatic heterocycles. The number of alkyl halides is 9. The summed E-state index contributed by atoms with van der Waals surface area (Å²) in [4.78, 5) is 35.6. The van der Waals surface area contributed by atoms with Gasteiger partial charge in [-0.2, -0.15) is 39.5 Å². The molecule has 1 atom stereocenters. The average Bonchev–Trinajstić information content (AvgIpc) is 2.81. The van der Waals surface area contributed by atoms with Crippen molar-refractivity contribution in [2.24, 2.45) is 5.92 Å². The minimum absolute atomic E-state index is 0.123. The molecule has 2 rings (SSSR count). The molecule has 1 aromatic carbocycles. The number of Topliss-reactive ketones (excluding diaryl/α,β-unsaturated/α-hetero) is 2. The summed E-state index contributed by atoms with van der Waals surface area (Å²) in [7, 11) is 0. The van der Waals surface area contributed by atoms with Crippen LogP contribution < -0.4 is 10.6 Å². The number of pyridine rings is 1. The van der Waals surface area contributed by atoms with Crippen molar-refractivity contribution in [2.75, 3.05) is 5.32 Å². The number of halogens is 9. The zero-order valence-electron chi connectivity index (χ0n) is 19.8. The van der Waals surface area contributed by atoms with Gasteiger partial charge >= 0.3 is 30.1 Å². The molecule has 15 heteroatoms. The quantitative estimate of drug-likeness (QED) is 0.330. The molecule has 0 radical (unpaired) electrons. The standard InChI is InChI=1S/C19H22F3N3O.C4F6O2/c1-13(2)17(11-18(26)24-12-16-5-3-4-10-23-16)25-15-8-6-14(7-9-15)19(20,21)22;5-3(6,7)1(11)2(12)4(8,9)10/h3-10,13,17,25H,11-12H2,1-2H3,(H,24,26);/t17-;/m0./s1. The molecule has 0 fully saturated rings. The fourth-order valence-corrected chi connectivity index (χ4v) is 2.64. The number of anilines is 1. The van der Waals surface area contributed by atoms with Crippen LogP contribution >= 0.6 is 0 Å². The lowest BCUT2D eigenvalue weighted by Gasteiger charge is -2.23. The van der Waals surface area contributed by atoms with Crippen LogP contribution in [0.3, 0.4) is 0 Å². The van der Waals surface area contributed by atoms with Gasteiger partial charge in [0.05, 0.1) is 17.8 Å². The molecule has 6 nitrogen and oxygen atoms in total. The van der Waals surface area contributed by atoms with E-state index in [1.165, 1.54) is 12.1 Å². The van der Waals surface area contributed by atoms with Gasteiger partial charge in [-0.05, 0) is 42.3 Å². The van der Waals surface area contributed by atoms with Gasteiger partial charge in [-0.25, -0.2) is 0 Å². The Morgan fingerprint density at radius 1 is 0.816 bits per heavy atom. The van der Waals surface area contributed by atoms with Crippen LogP contribution in [0.25, 0.3) is 0 Å². The van der Waals surface area contributed by atoms with E-state index in [2.05, 4.69) is 15.6 Å². The number of amides is 1. The smallest absolute Gasteiger partial charge is 0.382 e. The van der Waals surface area contributed by atoms with Crippen molar-refractivity contribution < 1.29 is 53.9 Å². The van der Waals surface area contributed by atoms with Crippen molar-refractivity contribution in [1.29, 1.82) is 0 Å². The zero-order chi connectivity index (χ0) is 29.3. The summed E-state index contributed by atoms with van der Waals surface area (Å²) in [5, 5.41) is 5.95. The number of carbonyl (C=O) groups excluding carboxylic acids is 3. The van der Waals surface area contributed by atoms with Crippen LogP contribution in [0.2, 0.25) is 0 Å². The number of hydrogen-bond donors (Lipinski definition) is 2. The lowest BCUT2D eigenvalue weighted by molar-refractivity contribution is -0.193. The number of hydrogen-bond acceptors (Lipinski definition) is 5. The van der Waals surface area contributed by atoms with Crippen LogP contribution in [0.15, 0.2) is 48.7 Å². The van der Waals surface area contributed by atoms with Crippen LogP contribution in [0, 0.1) is 5.92 Å². The minimum Gasteiger partial charge on any atom is -0.382 e. The Bertz CT molecular complexity index is 1040. The number of rotatable bonds is 8. The second-order valence-corrected chi connectivity index (χ2v) is 8.03. The molecule has 0 spiro atoms. The Kier molecular flexibility index (Phi) is 11.3. The van der Waals surface area contributed by atoms with E-state index in [9.17, 15) is 53.9 Å². The number of benzene rings is 1. The van der Waals surface area contributed by atoms with Gasteiger partial charge in [0.1, 0.15) is 0 Å². The third-order valence-electron chi connectivity index (χ3n) is 4.69. The van der Waals surface area contributed by atoms with Gasteiger partial charge in [0, 0.05) is 24.3 Å². The molecule has 0 aliphatic rings. The summed E-state index contributed by atoms with van der Waals surface area (Å²) in [5.41, 5.74) is 0.615. The van der Waals surface area contributed by atoms with Gasteiger partial charge < -0.3 is 10.6 Å². The van der Waals surface area contributed by atoms with Crippen molar-refractivity contribution in [3.8, 4) is 0 Å². The molecular weight excluding hydrogens is 537 g/mol. The zero-order valence-corrected chi connectivity index (χ0v) is 19.8. The first-order valence-corrected chi connectivity index (χ1v) is 10.7. The molecular formula is C23H22F9N3O3. The first kappa shape index (κ1) is 32.4. The molecule has 2 aromatic rings. The molecule has 0 saturated heterocycles. The first-order chi connectivity index (χ1) is 17.3. The van der Waals surface area contributed by atoms with E-state index in [4.69, 9.17) is 0 Å². The summed E-state index contributed by atoms with van der Waals surface area (Å²) >= 11 is 0. The highest BCUT2D eigenvalue weighted by molar-refractivity contribution is 6.41. The van der Waals surface area contributed by atoms with Crippen molar-refractivity contribution in [1.82, 2.24) is 10.3 Å². The van der Waals surface area contributed by atoms with E-state index in [0.717, 1.165) is 17.8 Å². The monoisotopic (exact) mass is 559 g/mol. The molecule has 1 amide bonds. The van der Waals surface area contributed by atoms with Crippen LogP contribution in [-0.4, -0.2) is 40.9 Å². The van der Waals surface area contributed by atoms with E-state index < -0.39 is 35.7 Å². The van der Waals surface area contributed by atoms with Gasteiger partial charge in [-0.1, -0.05) is 19.9 Å². The molecule has 1 heterocycles. The molecule has 0 aliphatic carbocycles. The van der Waals surface area contributed by atoms with Crippen molar-refractivity contribution in [3.63, 3.8) is 0 Å². The maximum atomic E-state index is 12.6. The van der Waals surface area contributed by atoms with E-state index in [1.54, 1.807) is 12.3 Å². The minimum atomic E-state index is -5.77. The highest BCUT2D eigenvalue weighted by Gasteiger charge is 2.54. The lowest BCUT2D eigenvalue weighted by atomic mass is 10.00. The number of carbonyl (C=O) groups is 3. The third-order valence-corrected chi connectivity index (χ3v) is 4.69. The molecule has 38 heavy (non-hydrogen) atoms. The number of nitrogens with one attached hydrogen (secondary N) is 2. The van der Waals surface area contributed by atoms with Crippen LogP contribution in [-0.2, 0) is 27.1 Å². The molecule has 0 unspecified atom stereocenters. The van der Waals surface area contributed by atoms with E-state index in [0.29, 0.717) is 12.2 Å². The van der Waals surface area contributed by atoms with Gasteiger partial charge in [0.2, 0.25) is 5.91 Å². The molecule has 1 aromatic heterocycles. The Balaban J connectivity index is 0.000000508. The topological polar surface area (TPSA) is 88.2 Å². The fraction of sp³-hybridized carbons (Fsp3) is 0.391. The third kappa shape index (κ3) is 11.2. The van der Waals surface area contributed by atoms with E-state index in [1.807, 2.05) is 26.0 Å². The Hall–Kier alpha value is -3.65. The largest absolute Gasteiger partial charge is 0.458 e. The predicted octanol–water partition coefficient (Wildman–Crippen LogP) is 5.49. The summed E-state index contributed by atoms with van der Waals surface area (Å²) in [6.45, 7) is 4.24. The number of nitrogens with zero attached hydrogens (tertiary/aromatic N) is 1. The number of aromatic nitrogens is 1. The lowest BCUT2D eigenvalue weighted by Crippen LogP contribution is -2.39. The molecule has 0 bridgehead atoms. The summed E-state index contributed by atoms with van der Waals surface area (Å²) in [6, 6.07) is 10.1. The maximum absolute atomic E-state index is 12.6. The van der Waals surface area contributed by atoms with Crippen LogP contribution in [0.1, 0.15) is 31.5 Å². The Labute approximate surface area is 210 Å². The van der Waals surface area contributed by atoms with E-state index in [-0.39, 0.29) is 24.3 Å². The Morgan fingerprint density at radius 2 is 1.34 bits per heavy atom. The molecule has 0 saturated carbocycles. The van der Waals surface area contributed by atoms with Gasteiger partial charge in [-0.15, -0.1) is 0 Å². The summed E-state index contributed by atoms with van der Waals surface area (Å²) in [6.07, 6.45) is -14.0. The van der Waals surface area contributed by atoms with Crippen molar-refractivity contribution in [3.05, 3.63) is 59.9 Å². The second kappa shape index (κ2) is 13.2. The van der Waals surface area contributed by atoms with Gasteiger partial charge in [0.25, 0.3) is 0 Å². The van der Waals surface area contributed by atoms with Gasteiger partial charge in [0.15, 0.2) is 0 Å². The second-order valence-electron chi connectivity index (χ2n) is 8.03. The molecule has 210 valence electrons. The Morgan fingerprint density at radius 3 is 1.74 bits per heavy atom. The highest BCUT2D eigenvalue weighted by Crippen LogP contribution is 2.30. The summed E-state index contributed by atoms with van der Waals surface area (Å²) < 4.78 is 105. The summed E-state index contributed by atoms with van der Waals surface area (Å²) in [5.74, 6) is -6.84. The van der Waals surface area contributed by atoms with Crippen LogP contribution in [0.5, 0.6) is 0 Å². The van der Waals surface area contributed by atoms with Crippen LogP contribution in [0.4, 0.5) is 45.2 Å². The highest BCUT2D eigenvalue weighted by atomic mass is 19.4. The van der Waals surface area contributed by atoms with Gasteiger partial charge in [-0.3, -0.25) is 19.4 Å². The average molecular weight is 559 g/mol. The molecule has 2 N–H and O–H groups in total. The van der Waals surface area contributed by atoms with Crippen molar-refractivity contribution >= 4 is 23.2 Å². The predicted molar refractivity (Wildman–Crippen MR) is 117 cm³/mol. The first-order valence-electron chi connectivity index (χ1n) is 10.7. The van der Waals surface area contributed by atoms with E-state index >= 15 is 0 Å². The maximum Gasteiger partial charge on any atom is 0.458 e. The normalized spacial score (nSPS) is 12.7. The number of ketones is 2.